The van der Waals surface area contributed by atoms with E-state index in [-0.39, 0.29) is 17.9 Å². The number of carbonyl (C=O) groups excluding carboxylic acids is 1. The molecule has 0 bridgehead atoms. The number of hydrogen-bond acceptors (Lipinski definition) is 5. The Kier molecular flexibility index (Phi) is 10.1. The molecular weight excluding hydrogens is 419 g/mol. The first-order valence-corrected chi connectivity index (χ1v) is 10.9. The Labute approximate surface area is 195 Å². The van der Waals surface area contributed by atoms with Gasteiger partial charge in [-0.25, -0.2) is 9.40 Å². The van der Waals surface area contributed by atoms with E-state index in [0.29, 0.717) is 18.7 Å². The van der Waals surface area contributed by atoms with Gasteiger partial charge in [-0.2, -0.15) is 5.10 Å². The quantitative estimate of drug-likeness (QED) is 0.444. The minimum Gasteiger partial charge on any atom is -0.497 e. The van der Waals surface area contributed by atoms with Crippen LogP contribution in [-0.2, 0) is 9.53 Å². The summed E-state index contributed by atoms with van der Waals surface area (Å²) in [5.41, 5.74) is 3.34. The zero-order valence-electron chi connectivity index (χ0n) is 19.8. The molecule has 3 rings (SSSR count). The Morgan fingerprint density at radius 3 is 2.79 bits per heavy atom. The molecule has 3 aliphatic rings. The normalized spacial score (nSPS) is 20.5. The number of rotatable bonds is 6. The highest BCUT2D eigenvalue weighted by atomic mass is 19.1. The molecule has 1 unspecified atom stereocenters. The van der Waals surface area contributed by atoms with E-state index in [1.807, 2.05) is 45.1 Å². The average molecular weight is 453 g/mol. The Hall–Kier alpha value is -3.61. The van der Waals surface area contributed by atoms with Crippen molar-refractivity contribution in [3.05, 3.63) is 95.9 Å². The molecule has 0 saturated carbocycles. The van der Waals surface area contributed by atoms with Crippen LogP contribution in [-0.4, -0.2) is 36.4 Å². The molecule has 1 atom stereocenters. The molecule has 2 aliphatic carbocycles. The molecule has 176 valence electrons. The van der Waals surface area contributed by atoms with Gasteiger partial charge < -0.3 is 15.4 Å². The van der Waals surface area contributed by atoms with Crippen molar-refractivity contribution in [3.8, 4) is 0 Å². The number of methoxy groups -OCH3 is 1. The number of ether oxygens (including phenoxy) is 1. The predicted octanol–water partition coefficient (Wildman–Crippen LogP) is 4.92. The largest absolute Gasteiger partial charge is 0.497 e. The molecule has 7 heteroatoms. The number of allylic oxidation sites excluding steroid dienone is 11. The fourth-order valence-electron chi connectivity index (χ4n) is 3.21. The summed E-state index contributed by atoms with van der Waals surface area (Å²) in [6, 6.07) is 0. The SMILES string of the molecule is C=CC.COC1=CC=CCC(NCC2=CC(=O)N(/N=C(\C)C3=CC=C(F)C=CC3)C(C)N2)=C1. The second-order valence-electron chi connectivity index (χ2n) is 7.54. The highest BCUT2D eigenvalue weighted by Gasteiger charge is 2.25. The van der Waals surface area contributed by atoms with E-state index in [1.54, 1.807) is 31.4 Å². The van der Waals surface area contributed by atoms with Crippen molar-refractivity contribution in [2.24, 2.45) is 5.10 Å². The van der Waals surface area contributed by atoms with Crippen molar-refractivity contribution in [1.29, 1.82) is 0 Å². The topological polar surface area (TPSA) is 66.0 Å². The van der Waals surface area contributed by atoms with Crippen LogP contribution in [0.4, 0.5) is 4.39 Å². The molecule has 0 radical (unpaired) electrons. The fraction of sp³-hybridized carbons (Fsp3) is 0.308. The molecule has 6 nitrogen and oxygen atoms in total. The van der Waals surface area contributed by atoms with Crippen LogP contribution in [0.15, 0.2) is 101 Å². The summed E-state index contributed by atoms with van der Waals surface area (Å²) < 4.78 is 18.7. The summed E-state index contributed by atoms with van der Waals surface area (Å²) in [7, 11) is 1.63. The van der Waals surface area contributed by atoms with Crippen molar-refractivity contribution in [2.75, 3.05) is 13.7 Å². The van der Waals surface area contributed by atoms with Gasteiger partial charge in [0.25, 0.3) is 5.91 Å². The molecule has 1 amide bonds. The van der Waals surface area contributed by atoms with Gasteiger partial charge in [0.2, 0.25) is 0 Å². The number of nitrogens with one attached hydrogen (secondary N) is 2. The highest BCUT2D eigenvalue weighted by molar-refractivity contribution is 6.00. The van der Waals surface area contributed by atoms with Gasteiger partial charge in [-0.3, -0.25) is 4.79 Å². The minimum absolute atomic E-state index is 0.198. The minimum atomic E-state index is -0.305. The molecule has 33 heavy (non-hydrogen) atoms. The molecular formula is C26H33FN4O2. The lowest BCUT2D eigenvalue weighted by atomic mass is 10.1. The lowest BCUT2D eigenvalue weighted by molar-refractivity contribution is -0.129. The zero-order valence-corrected chi connectivity index (χ0v) is 19.8. The Morgan fingerprint density at radius 1 is 1.33 bits per heavy atom. The van der Waals surface area contributed by atoms with Gasteiger partial charge in [0.1, 0.15) is 17.8 Å². The van der Waals surface area contributed by atoms with E-state index < -0.39 is 0 Å². The summed E-state index contributed by atoms with van der Waals surface area (Å²) in [4.78, 5) is 12.7. The molecule has 0 aromatic carbocycles. The summed E-state index contributed by atoms with van der Waals surface area (Å²) in [6.45, 7) is 9.44. The van der Waals surface area contributed by atoms with Gasteiger partial charge in [0.15, 0.2) is 0 Å². The average Bonchev–Trinajstić information content (AvgIpc) is 3.15. The van der Waals surface area contributed by atoms with Gasteiger partial charge in [-0.1, -0.05) is 30.4 Å². The van der Waals surface area contributed by atoms with Crippen molar-refractivity contribution < 1.29 is 13.9 Å². The van der Waals surface area contributed by atoms with E-state index in [0.717, 1.165) is 29.1 Å². The Bertz CT molecular complexity index is 980. The van der Waals surface area contributed by atoms with Gasteiger partial charge >= 0.3 is 0 Å². The van der Waals surface area contributed by atoms with Crippen molar-refractivity contribution in [1.82, 2.24) is 15.6 Å². The van der Waals surface area contributed by atoms with Crippen LogP contribution in [0, 0.1) is 0 Å². The van der Waals surface area contributed by atoms with Gasteiger partial charge in [0, 0.05) is 23.9 Å². The summed E-state index contributed by atoms with van der Waals surface area (Å²) in [5, 5.41) is 12.5. The van der Waals surface area contributed by atoms with E-state index in [1.165, 1.54) is 17.2 Å². The Balaban J connectivity index is 0.00000122. The monoisotopic (exact) mass is 452 g/mol. The van der Waals surface area contributed by atoms with Crippen LogP contribution >= 0.6 is 0 Å². The first kappa shape index (κ1) is 25.6. The number of halogens is 1. The third-order valence-corrected chi connectivity index (χ3v) is 4.86. The van der Waals surface area contributed by atoms with Gasteiger partial charge in [-0.15, -0.1) is 6.58 Å². The molecule has 1 aliphatic heterocycles. The summed E-state index contributed by atoms with van der Waals surface area (Å²) >= 11 is 0. The first-order valence-electron chi connectivity index (χ1n) is 10.9. The number of amides is 1. The summed E-state index contributed by atoms with van der Waals surface area (Å²) in [5.74, 6) is 0.278. The number of nitrogens with zero attached hydrogens (tertiary/aromatic N) is 2. The van der Waals surface area contributed by atoms with E-state index in [9.17, 15) is 9.18 Å². The lowest BCUT2D eigenvalue weighted by Gasteiger charge is -2.31. The van der Waals surface area contributed by atoms with Crippen molar-refractivity contribution in [2.45, 2.75) is 39.8 Å². The second kappa shape index (κ2) is 13.1. The molecule has 0 saturated heterocycles. The molecule has 0 spiro atoms. The molecule has 2 N–H and O–H groups in total. The van der Waals surface area contributed by atoms with E-state index in [4.69, 9.17) is 4.74 Å². The number of hydrazone groups is 1. The highest BCUT2D eigenvalue weighted by Crippen LogP contribution is 2.17. The van der Waals surface area contributed by atoms with Crippen LogP contribution in [0.1, 0.15) is 33.6 Å². The van der Waals surface area contributed by atoms with E-state index in [2.05, 4.69) is 22.3 Å². The second-order valence-corrected chi connectivity index (χ2v) is 7.54. The fourth-order valence-corrected chi connectivity index (χ4v) is 3.21. The van der Waals surface area contributed by atoms with Gasteiger partial charge in [0.05, 0.1) is 19.4 Å². The van der Waals surface area contributed by atoms with Crippen molar-refractivity contribution >= 4 is 11.6 Å². The zero-order chi connectivity index (χ0) is 24.2. The van der Waals surface area contributed by atoms with Crippen LogP contribution in [0.5, 0.6) is 0 Å². The molecule has 1 heterocycles. The first-order chi connectivity index (χ1) is 15.9. The number of hydrogen-bond donors (Lipinski definition) is 2. The third-order valence-electron chi connectivity index (χ3n) is 4.86. The van der Waals surface area contributed by atoms with Crippen LogP contribution in [0.3, 0.4) is 0 Å². The standard InChI is InChI=1S/C23H27FN4O2.C3H6/c1-16(18-7-6-8-19(24)12-11-18)27-28-17(2)26-21(14-23(28)29)15-25-20-9-4-5-10-22(13-20)30-3;1-3-2/h4-6,8,10-14,17,25-26H,7,9,15H2,1-3H3;3H,1H2,2H3/b27-16+;. The predicted molar refractivity (Wildman–Crippen MR) is 132 cm³/mol. The summed E-state index contributed by atoms with van der Waals surface area (Å²) in [6.07, 6.45) is 18.4. The molecule has 0 aromatic heterocycles. The van der Waals surface area contributed by atoms with Crippen LogP contribution < -0.4 is 10.6 Å². The Morgan fingerprint density at radius 2 is 2.09 bits per heavy atom. The number of carbonyl (C=O) groups is 1. The van der Waals surface area contributed by atoms with Gasteiger partial charge in [-0.05, 0) is 57.1 Å². The van der Waals surface area contributed by atoms with E-state index >= 15 is 0 Å². The lowest BCUT2D eigenvalue weighted by Crippen LogP contribution is -2.49. The molecule has 0 fully saturated rings. The molecule has 0 aromatic rings. The van der Waals surface area contributed by atoms with Crippen LogP contribution in [0.25, 0.3) is 0 Å². The van der Waals surface area contributed by atoms with Crippen LogP contribution in [0.2, 0.25) is 0 Å². The maximum Gasteiger partial charge on any atom is 0.270 e. The maximum atomic E-state index is 13.4. The smallest absolute Gasteiger partial charge is 0.270 e. The maximum absolute atomic E-state index is 13.4. The third kappa shape index (κ3) is 8.11. The van der Waals surface area contributed by atoms with Crippen molar-refractivity contribution in [3.63, 3.8) is 0 Å².